The van der Waals surface area contributed by atoms with Gasteiger partial charge in [-0.05, 0) is 26.0 Å². The normalized spacial score (nSPS) is 10.4. The van der Waals surface area contributed by atoms with Gasteiger partial charge in [0, 0.05) is 18.3 Å². The van der Waals surface area contributed by atoms with Gasteiger partial charge in [0.15, 0.2) is 5.82 Å². The molecule has 8 nitrogen and oxygen atoms in total. The van der Waals surface area contributed by atoms with Crippen molar-refractivity contribution in [2.75, 3.05) is 5.32 Å². The van der Waals surface area contributed by atoms with Crippen LogP contribution in [-0.2, 0) is 6.54 Å². The lowest BCUT2D eigenvalue weighted by molar-refractivity contribution is 0.0945. The predicted octanol–water partition coefficient (Wildman–Crippen LogP) is 2.15. The highest BCUT2D eigenvalue weighted by Gasteiger charge is 2.11. The molecule has 0 aliphatic heterocycles. The average molecular weight is 324 g/mol. The zero-order valence-electron chi connectivity index (χ0n) is 13.3. The van der Waals surface area contributed by atoms with Crippen LogP contribution in [0.4, 0.5) is 11.6 Å². The molecule has 24 heavy (non-hydrogen) atoms. The van der Waals surface area contributed by atoms with Crippen LogP contribution >= 0.6 is 0 Å². The quantitative estimate of drug-likeness (QED) is 0.740. The molecular weight excluding hydrogens is 308 g/mol. The highest BCUT2D eigenvalue weighted by molar-refractivity contribution is 5.93. The minimum absolute atomic E-state index is 0.265. The summed E-state index contributed by atoms with van der Waals surface area (Å²) in [4.78, 5) is 24.9. The first-order valence-corrected chi connectivity index (χ1v) is 7.34. The highest BCUT2D eigenvalue weighted by atomic mass is 16.5. The number of nitrogens with zero attached hydrogens (tertiary/aromatic N) is 4. The fourth-order valence-corrected chi connectivity index (χ4v) is 2.07. The number of hydrogen-bond acceptors (Lipinski definition) is 7. The Labute approximate surface area is 138 Å². The molecule has 0 atom stereocenters. The van der Waals surface area contributed by atoms with Gasteiger partial charge in [-0.25, -0.2) is 9.97 Å². The molecule has 2 N–H and O–H groups in total. The second kappa shape index (κ2) is 6.86. The van der Waals surface area contributed by atoms with Crippen LogP contribution in [0.1, 0.15) is 27.8 Å². The van der Waals surface area contributed by atoms with E-state index in [9.17, 15) is 4.79 Å². The van der Waals surface area contributed by atoms with E-state index in [4.69, 9.17) is 4.52 Å². The number of aryl methyl sites for hydroxylation is 2. The molecule has 0 aromatic carbocycles. The minimum Gasteiger partial charge on any atom is -0.360 e. The van der Waals surface area contributed by atoms with E-state index in [1.54, 1.807) is 32.2 Å². The maximum atomic E-state index is 12.3. The molecule has 8 heteroatoms. The second-order valence-corrected chi connectivity index (χ2v) is 5.14. The zero-order valence-corrected chi connectivity index (χ0v) is 13.3. The summed E-state index contributed by atoms with van der Waals surface area (Å²) in [6.45, 7) is 3.84. The third kappa shape index (κ3) is 3.92. The van der Waals surface area contributed by atoms with Crippen LogP contribution in [0, 0.1) is 13.8 Å². The molecule has 0 aliphatic rings. The van der Waals surface area contributed by atoms with Crippen LogP contribution in [0.15, 0.2) is 41.1 Å². The van der Waals surface area contributed by atoms with Gasteiger partial charge in [-0.2, -0.15) is 0 Å². The monoisotopic (exact) mass is 324 g/mol. The van der Waals surface area contributed by atoms with Crippen LogP contribution in [0.2, 0.25) is 0 Å². The number of carbonyl (C=O) groups excluding carboxylic acids is 1. The molecule has 0 aliphatic carbocycles. The molecule has 0 saturated carbocycles. The van der Waals surface area contributed by atoms with Crippen molar-refractivity contribution in [3.63, 3.8) is 0 Å². The topological polar surface area (TPSA) is 106 Å². The fraction of sp³-hybridized carbons (Fsp3) is 0.188. The van der Waals surface area contributed by atoms with E-state index in [2.05, 4.69) is 30.7 Å². The van der Waals surface area contributed by atoms with Gasteiger partial charge in [0.1, 0.15) is 23.1 Å². The number of nitrogens with one attached hydrogen (secondary N) is 2. The summed E-state index contributed by atoms with van der Waals surface area (Å²) in [6, 6.07) is 8.82. The van der Waals surface area contributed by atoms with Gasteiger partial charge in [-0.1, -0.05) is 11.2 Å². The first-order chi connectivity index (χ1) is 11.6. The summed E-state index contributed by atoms with van der Waals surface area (Å²) >= 11 is 0. The van der Waals surface area contributed by atoms with E-state index in [0.29, 0.717) is 29.8 Å². The van der Waals surface area contributed by atoms with E-state index in [-0.39, 0.29) is 11.6 Å². The Morgan fingerprint density at radius 2 is 2.04 bits per heavy atom. The number of amides is 1. The first-order valence-electron chi connectivity index (χ1n) is 7.34. The summed E-state index contributed by atoms with van der Waals surface area (Å²) in [5.74, 6) is 1.84. The number of hydrogen-bond donors (Lipinski definition) is 2. The summed E-state index contributed by atoms with van der Waals surface area (Å²) in [7, 11) is 0. The molecule has 122 valence electrons. The number of pyridine rings is 1. The van der Waals surface area contributed by atoms with E-state index < -0.39 is 0 Å². The smallest absolute Gasteiger partial charge is 0.270 e. The largest absolute Gasteiger partial charge is 0.360 e. The van der Waals surface area contributed by atoms with E-state index >= 15 is 0 Å². The number of aromatic nitrogens is 4. The maximum absolute atomic E-state index is 12.3. The molecule has 3 rings (SSSR count). The third-order valence-corrected chi connectivity index (χ3v) is 3.11. The Kier molecular flexibility index (Phi) is 4.46. The zero-order chi connectivity index (χ0) is 16.9. The molecule has 1 amide bonds. The number of carbonyl (C=O) groups is 1. The Hall–Kier alpha value is -3.29. The summed E-state index contributed by atoms with van der Waals surface area (Å²) < 4.78 is 4.99. The molecule has 0 bridgehead atoms. The average Bonchev–Trinajstić information content (AvgIpc) is 2.98. The van der Waals surface area contributed by atoms with Gasteiger partial charge in [-0.15, -0.1) is 0 Å². The van der Waals surface area contributed by atoms with Crippen molar-refractivity contribution in [1.29, 1.82) is 0 Å². The van der Waals surface area contributed by atoms with Crippen molar-refractivity contribution in [2.45, 2.75) is 20.4 Å². The molecule has 0 fully saturated rings. The van der Waals surface area contributed by atoms with Gasteiger partial charge >= 0.3 is 0 Å². The predicted molar refractivity (Wildman–Crippen MR) is 86.7 cm³/mol. The van der Waals surface area contributed by atoms with Crippen molar-refractivity contribution in [2.24, 2.45) is 0 Å². The minimum atomic E-state index is -0.300. The van der Waals surface area contributed by atoms with Gasteiger partial charge in [0.05, 0.1) is 12.2 Å². The van der Waals surface area contributed by atoms with Crippen LogP contribution in [0.3, 0.4) is 0 Å². The molecule has 0 unspecified atom stereocenters. The summed E-state index contributed by atoms with van der Waals surface area (Å²) in [5.41, 5.74) is 1.04. The summed E-state index contributed by atoms with van der Waals surface area (Å²) in [5, 5.41) is 9.61. The molecule has 0 saturated heterocycles. The van der Waals surface area contributed by atoms with Crippen molar-refractivity contribution < 1.29 is 9.32 Å². The molecule has 0 radical (unpaired) electrons. The van der Waals surface area contributed by atoms with Gasteiger partial charge < -0.3 is 15.2 Å². The third-order valence-electron chi connectivity index (χ3n) is 3.11. The molecule has 3 aromatic rings. The Balaban J connectivity index is 1.71. The summed E-state index contributed by atoms with van der Waals surface area (Å²) in [6.07, 6.45) is 1.68. The second-order valence-electron chi connectivity index (χ2n) is 5.14. The van der Waals surface area contributed by atoms with Crippen LogP contribution in [-0.4, -0.2) is 26.0 Å². The van der Waals surface area contributed by atoms with Crippen LogP contribution in [0.25, 0.3) is 0 Å². The van der Waals surface area contributed by atoms with E-state index in [0.717, 1.165) is 5.69 Å². The number of rotatable bonds is 5. The molecule has 0 spiro atoms. The molecule has 3 heterocycles. The van der Waals surface area contributed by atoms with Gasteiger partial charge in [0.2, 0.25) is 0 Å². The van der Waals surface area contributed by atoms with E-state index in [1.807, 2.05) is 18.2 Å². The lowest BCUT2D eigenvalue weighted by atomic mass is 10.3. The van der Waals surface area contributed by atoms with Crippen molar-refractivity contribution in [3.05, 3.63) is 59.5 Å². The standard InChI is InChI=1S/C16H16N6O2/c1-10-7-15(22-24-10)21-14-8-13(19-11(2)20-14)16(23)18-9-12-5-3-4-6-17-12/h3-8H,9H2,1-2H3,(H,18,23)(H,19,20,21,22). The SMILES string of the molecule is Cc1nc(Nc2cc(C)on2)cc(C(=O)NCc2ccccn2)n1. The van der Waals surface area contributed by atoms with Gasteiger partial charge in [0.25, 0.3) is 5.91 Å². The maximum Gasteiger partial charge on any atom is 0.270 e. The Bertz CT molecular complexity index is 847. The molecule has 3 aromatic heterocycles. The Morgan fingerprint density at radius 3 is 2.75 bits per heavy atom. The number of anilines is 2. The fourth-order valence-electron chi connectivity index (χ4n) is 2.07. The van der Waals surface area contributed by atoms with E-state index in [1.165, 1.54) is 0 Å². The van der Waals surface area contributed by atoms with Crippen molar-refractivity contribution in [3.8, 4) is 0 Å². The van der Waals surface area contributed by atoms with Gasteiger partial charge in [-0.3, -0.25) is 9.78 Å². The lowest BCUT2D eigenvalue weighted by Gasteiger charge is -2.07. The van der Waals surface area contributed by atoms with Crippen molar-refractivity contribution in [1.82, 2.24) is 25.4 Å². The lowest BCUT2D eigenvalue weighted by Crippen LogP contribution is -2.24. The van der Waals surface area contributed by atoms with Crippen LogP contribution in [0.5, 0.6) is 0 Å². The Morgan fingerprint density at radius 1 is 1.17 bits per heavy atom. The molecular formula is C16H16N6O2. The highest BCUT2D eigenvalue weighted by Crippen LogP contribution is 2.15. The van der Waals surface area contributed by atoms with Crippen LogP contribution < -0.4 is 10.6 Å². The van der Waals surface area contributed by atoms with Crippen molar-refractivity contribution >= 4 is 17.5 Å². The first kappa shape index (κ1) is 15.6.